The summed E-state index contributed by atoms with van der Waals surface area (Å²) in [5.74, 6) is 1.44. The van der Waals surface area contributed by atoms with E-state index >= 15 is 0 Å². The van der Waals surface area contributed by atoms with Crippen molar-refractivity contribution < 1.29 is 9.90 Å². The van der Waals surface area contributed by atoms with Crippen molar-refractivity contribution in [2.45, 2.75) is 6.04 Å². The van der Waals surface area contributed by atoms with Crippen LogP contribution < -0.4 is 5.32 Å². The minimum absolute atomic E-state index is 0.0726. The van der Waals surface area contributed by atoms with E-state index in [2.05, 4.69) is 5.32 Å². The Morgan fingerprint density at radius 1 is 1.80 bits per heavy atom. The molecule has 0 aromatic carbocycles. The van der Waals surface area contributed by atoms with Gasteiger partial charge in [0.2, 0.25) is 0 Å². The van der Waals surface area contributed by atoms with E-state index in [0.717, 1.165) is 12.0 Å². The van der Waals surface area contributed by atoms with Gasteiger partial charge >= 0.3 is 0 Å². The molecule has 60 valence electrons. The minimum Gasteiger partial charge on any atom is -0.396 e. The highest BCUT2D eigenvalue weighted by Gasteiger charge is 2.01. The van der Waals surface area contributed by atoms with Gasteiger partial charge < -0.3 is 15.2 Å². The molecular weight excluding hydrogens is 150 g/mol. The lowest BCUT2D eigenvalue weighted by Crippen LogP contribution is -2.29. The lowest BCUT2D eigenvalue weighted by atomic mass is 10.4. The number of aliphatic hydroxyl groups excluding tert-OH is 1. The number of carbonyl (C=O) groups is 1. The van der Waals surface area contributed by atoms with E-state index in [4.69, 9.17) is 5.11 Å². The Hall–Kier alpha value is -0.0600. The van der Waals surface area contributed by atoms with Crippen molar-refractivity contribution in [3.8, 4) is 0 Å². The molecule has 0 heterocycles. The topological polar surface area (TPSA) is 49.3 Å². The first-order chi connectivity index (χ1) is 4.85. The summed E-state index contributed by atoms with van der Waals surface area (Å²) in [7, 11) is 1.75. The maximum Gasteiger partial charge on any atom is 0.137 e. The first kappa shape index (κ1) is 9.94. The zero-order valence-corrected chi connectivity index (χ0v) is 6.86. The van der Waals surface area contributed by atoms with Crippen LogP contribution in [0.4, 0.5) is 0 Å². The van der Waals surface area contributed by atoms with Crippen LogP contribution in [0, 0.1) is 0 Å². The largest absolute Gasteiger partial charge is 0.396 e. The highest BCUT2D eigenvalue weighted by atomic mass is 32.2. The molecule has 0 aromatic rings. The second-order valence-corrected chi connectivity index (χ2v) is 2.98. The fourth-order valence-electron chi connectivity index (χ4n) is 0.466. The first-order valence-corrected chi connectivity index (χ1v) is 4.31. The molecule has 4 heteroatoms. The summed E-state index contributed by atoms with van der Waals surface area (Å²) in [5.41, 5.74) is 0. The predicted molar refractivity (Wildman–Crippen MR) is 43.3 cm³/mol. The SMILES string of the molecule is CNC(C=O)CSCCO. The van der Waals surface area contributed by atoms with Gasteiger partial charge in [0, 0.05) is 11.5 Å². The van der Waals surface area contributed by atoms with Gasteiger partial charge in [-0.1, -0.05) is 0 Å². The van der Waals surface area contributed by atoms with E-state index in [0.29, 0.717) is 5.75 Å². The van der Waals surface area contributed by atoms with Gasteiger partial charge in [-0.15, -0.1) is 0 Å². The molecule has 0 fully saturated rings. The Morgan fingerprint density at radius 3 is 2.90 bits per heavy atom. The van der Waals surface area contributed by atoms with Crippen molar-refractivity contribution >= 4 is 18.0 Å². The van der Waals surface area contributed by atoms with Crippen molar-refractivity contribution in [2.24, 2.45) is 0 Å². The third-order valence-corrected chi connectivity index (χ3v) is 2.13. The lowest BCUT2D eigenvalue weighted by molar-refractivity contribution is -0.109. The first-order valence-electron chi connectivity index (χ1n) is 3.16. The maximum absolute atomic E-state index is 10.2. The minimum atomic E-state index is -0.0726. The molecule has 0 aromatic heterocycles. The van der Waals surface area contributed by atoms with Gasteiger partial charge in [-0.2, -0.15) is 11.8 Å². The zero-order chi connectivity index (χ0) is 7.82. The molecule has 0 radical (unpaired) electrons. The number of aldehydes is 1. The molecule has 0 saturated carbocycles. The molecule has 0 amide bonds. The van der Waals surface area contributed by atoms with Gasteiger partial charge in [-0.25, -0.2) is 0 Å². The van der Waals surface area contributed by atoms with Crippen LogP contribution in [0.15, 0.2) is 0 Å². The molecule has 10 heavy (non-hydrogen) atoms. The van der Waals surface area contributed by atoms with Crippen LogP contribution in [0.2, 0.25) is 0 Å². The van der Waals surface area contributed by atoms with Crippen LogP contribution in [0.3, 0.4) is 0 Å². The highest BCUT2D eigenvalue weighted by molar-refractivity contribution is 7.99. The smallest absolute Gasteiger partial charge is 0.137 e. The summed E-state index contributed by atoms with van der Waals surface area (Å²) in [6.07, 6.45) is 0.879. The van der Waals surface area contributed by atoms with Crippen LogP contribution in [-0.4, -0.2) is 42.6 Å². The van der Waals surface area contributed by atoms with Crippen LogP contribution in [0.1, 0.15) is 0 Å². The van der Waals surface area contributed by atoms with E-state index < -0.39 is 0 Å². The van der Waals surface area contributed by atoms with E-state index in [9.17, 15) is 4.79 Å². The average molecular weight is 163 g/mol. The Bertz CT molecular complexity index is 89.8. The summed E-state index contributed by atoms with van der Waals surface area (Å²) in [5, 5.41) is 11.2. The normalized spacial score (nSPS) is 13.0. The van der Waals surface area contributed by atoms with Gasteiger partial charge in [0.25, 0.3) is 0 Å². The fourth-order valence-corrected chi connectivity index (χ4v) is 1.26. The number of hydrogen-bond acceptors (Lipinski definition) is 4. The molecule has 1 atom stereocenters. The molecule has 0 rings (SSSR count). The van der Waals surface area contributed by atoms with Crippen LogP contribution in [-0.2, 0) is 4.79 Å². The average Bonchev–Trinajstić information content (AvgIpc) is 1.99. The quantitative estimate of drug-likeness (QED) is 0.409. The van der Waals surface area contributed by atoms with Crippen molar-refractivity contribution in [1.82, 2.24) is 5.32 Å². The number of aliphatic hydroxyl groups is 1. The summed E-state index contributed by atoms with van der Waals surface area (Å²) in [6.45, 7) is 0.181. The summed E-state index contributed by atoms with van der Waals surface area (Å²) in [4.78, 5) is 10.2. The van der Waals surface area contributed by atoms with E-state index in [-0.39, 0.29) is 12.6 Å². The summed E-state index contributed by atoms with van der Waals surface area (Å²) >= 11 is 1.57. The van der Waals surface area contributed by atoms with Crippen molar-refractivity contribution in [2.75, 3.05) is 25.2 Å². The van der Waals surface area contributed by atoms with E-state index in [1.165, 1.54) is 0 Å². The van der Waals surface area contributed by atoms with Gasteiger partial charge in [0.05, 0.1) is 12.6 Å². The van der Waals surface area contributed by atoms with Crippen LogP contribution in [0.5, 0.6) is 0 Å². The number of rotatable bonds is 6. The number of likely N-dealkylation sites (N-methyl/N-ethyl adjacent to an activating group) is 1. The van der Waals surface area contributed by atoms with Gasteiger partial charge in [0.15, 0.2) is 0 Å². The Morgan fingerprint density at radius 2 is 2.50 bits per heavy atom. The third-order valence-electron chi connectivity index (χ3n) is 1.07. The second kappa shape index (κ2) is 7.05. The monoisotopic (exact) mass is 163 g/mol. The third kappa shape index (κ3) is 4.78. The molecule has 0 aliphatic heterocycles. The second-order valence-electron chi connectivity index (χ2n) is 1.83. The summed E-state index contributed by atoms with van der Waals surface area (Å²) < 4.78 is 0. The molecule has 0 aliphatic carbocycles. The molecular formula is C6H13NO2S. The maximum atomic E-state index is 10.2. The molecule has 1 unspecified atom stereocenters. The van der Waals surface area contributed by atoms with Gasteiger partial charge in [-0.3, -0.25) is 0 Å². The Balaban J connectivity index is 3.17. The molecule has 2 N–H and O–H groups in total. The van der Waals surface area contributed by atoms with Crippen molar-refractivity contribution in [3.05, 3.63) is 0 Å². The van der Waals surface area contributed by atoms with Crippen LogP contribution in [0.25, 0.3) is 0 Å². The molecule has 3 nitrogen and oxygen atoms in total. The fraction of sp³-hybridized carbons (Fsp3) is 0.833. The lowest BCUT2D eigenvalue weighted by Gasteiger charge is -2.06. The number of carbonyl (C=O) groups excluding carboxylic acids is 1. The van der Waals surface area contributed by atoms with Gasteiger partial charge in [-0.05, 0) is 7.05 Å². The standard InChI is InChI=1S/C6H13NO2S/c1-7-6(4-9)5-10-3-2-8/h4,6-8H,2-3,5H2,1H3. The highest BCUT2D eigenvalue weighted by Crippen LogP contribution is 1.99. The number of thioether (sulfide) groups is 1. The molecule has 0 saturated heterocycles. The Labute approximate surface area is 65.2 Å². The van der Waals surface area contributed by atoms with E-state index in [1.54, 1.807) is 18.8 Å². The number of nitrogens with one attached hydrogen (secondary N) is 1. The molecule has 0 bridgehead atoms. The number of hydrogen-bond donors (Lipinski definition) is 2. The predicted octanol–water partition coefficient (Wildman–Crippen LogP) is -0.501. The van der Waals surface area contributed by atoms with Crippen molar-refractivity contribution in [3.63, 3.8) is 0 Å². The van der Waals surface area contributed by atoms with Gasteiger partial charge in [0.1, 0.15) is 6.29 Å². The Kier molecular flexibility index (Phi) is 7.01. The zero-order valence-electron chi connectivity index (χ0n) is 6.04. The molecule has 0 aliphatic rings. The molecule has 0 spiro atoms. The van der Waals surface area contributed by atoms with E-state index in [1.807, 2.05) is 0 Å². The van der Waals surface area contributed by atoms with Crippen molar-refractivity contribution in [1.29, 1.82) is 0 Å². The van der Waals surface area contributed by atoms with Crippen LogP contribution >= 0.6 is 11.8 Å². The summed E-state index contributed by atoms with van der Waals surface area (Å²) in [6, 6.07) is -0.0726.